The van der Waals surface area contributed by atoms with E-state index >= 15 is 0 Å². The van der Waals surface area contributed by atoms with E-state index in [1.807, 2.05) is 0 Å². The summed E-state index contributed by atoms with van der Waals surface area (Å²) in [4.78, 5) is 15.3. The summed E-state index contributed by atoms with van der Waals surface area (Å²) >= 11 is 0. The topological polar surface area (TPSA) is 32.3 Å². The fourth-order valence-corrected chi connectivity index (χ4v) is 6.53. The smallest absolute Gasteiger partial charge is 0.221 e. The monoisotopic (exact) mass is 490 g/mol. The Kier molecular flexibility index (Phi) is 18.8. The van der Waals surface area contributed by atoms with Crippen LogP contribution in [-0.2, 0) is 4.79 Å². The number of nitrogens with one attached hydrogen (secondary N) is 1. The maximum Gasteiger partial charge on any atom is 0.221 e. The zero-order valence-corrected chi connectivity index (χ0v) is 23.8. The van der Waals surface area contributed by atoms with Gasteiger partial charge in [-0.2, -0.15) is 0 Å². The van der Waals surface area contributed by atoms with Crippen LogP contribution in [0.25, 0.3) is 0 Å². The van der Waals surface area contributed by atoms with Crippen LogP contribution >= 0.6 is 0 Å². The summed E-state index contributed by atoms with van der Waals surface area (Å²) in [6, 6.07) is 1.49. The average Bonchev–Trinajstić information content (AvgIpc) is 2.90. The second-order valence-corrected chi connectivity index (χ2v) is 11.9. The molecule has 1 amide bonds. The molecule has 2 rings (SSSR count). The zero-order valence-electron chi connectivity index (χ0n) is 23.8. The number of amides is 1. The van der Waals surface area contributed by atoms with Crippen LogP contribution in [0.2, 0.25) is 0 Å². The Morgan fingerprint density at radius 3 is 1.43 bits per heavy atom. The number of nitrogens with zero attached hydrogens (tertiary/aromatic N) is 1. The quantitative estimate of drug-likeness (QED) is 0.163. The van der Waals surface area contributed by atoms with Gasteiger partial charge >= 0.3 is 0 Å². The molecule has 0 aromatic rings. The molecule has 35 heavy (non-hydrogen) atoms. The van der Waals surface area contributed by atoms with E-state index in [2.05, 4.69) is 17.1 Å². The molecule has 0 spiro atoms. The van der Waals surface area contributed by atoms with Crippen LogP contribution in [0, 0.1) is 0 Å². The number of rotatable bonds is 21. The average molecular weight is 491 g/mol. The van der Waals surface area contributed by atoms with Gasteiger partial charge in [0.1, 0.15) is 0 Å². The van der Waals surface area contributed by atoms with Crippen LogP contribution in [0.15, 0.2) is 0 Å². The predicted octanol–water partition coefficient (Wildman–Crippen LogP) is 9.33. The van der Waals surface area contributed by atoms with E-state index in [1.165, 1.54) is 154 Å². The number of carbonyl (C=O) groups excluding carboxylic acids is 1. The minimum absolute atomic E-state index is 0.284. The van der Waals surface area contributed by atoms with E-state index in [1.54, 1.807) is 0 Å². The highest BCUT2D eigenvalue weighted by molar-refractivity contribution is 5.76. The van der Waals surface area contributed by atoms with Crippen molar-refractivity contribution in [3.8, 4) is 0 Å². The van der Waals surface area contributed by atoms with Crippen LogP contribution in [0.3, 0.4) is 0 Å². The molecule has 0 aromatic heterocycles. The molecule has 3 heteroatoms. The summed E-state index contributed by atoms with van der Waals surface area (Å²) in [5, 5.41) is 3.22. The maximum atomic E-state index is 12.5. The van der Waals surface area contributed by atoms with Crippen LogP contribution in [0.4, 0.5) is 0 Å². The summed E-state index contributed by atoms with van der Waals surface area (Å²) < 4.78 is 0. The summed E-state index contributed by atoms with van der Waals surface area (Å²) in [6.45, 7) is 4.16. The van der Waals surface area contributed by atoms with Gasteiger partial charge in [-0.25, -0.2) is 0 Å². The number of unbranched alkanes of at least 4 members (excludes halogenated alkanes) is 14. The second-order valence-electron chi connectivity index (χ2n) is 11.9. The lowest BCUT2D eigenvalue weighted by Gasteiger charge is -2.41. The standard InChI is InChI=1S/C32H62N2O/c1-2-3-4-5-6-7-8-9-10-11-12-13-14-15-22-28-33-32(35)27-29-34(30-23-18-16-19-24-30)31-25-20-17-21-26-31/h30-31H,2-29H2,1H3,(H,33,35). The molecule has 2 aliphatic carbocycles. The van der Waals surface area contributed by atoms with Crippen molar-refractivity contribution in [3.05, 3.63) is 0 Å². The lowest BCUT2D eigenvalue weighted by atomic mass is 9.88. The van der Waals surface area contributed by atoms with Crippen molar-refractivity contribution in [2.24, 2.45) is 0 Å². The SMILES string of the molecule is CCCCCCCCCCCCCCCCCNC(=O)CCN(C1CCCCC1)C1CCCCC1. The maximum absolute atomic E-state index is 12.5. The fraction of sp³-hybridized carbons (Fsp3) is 0.969. The molecular formula is C32H62N2O. The summed E-state index contributed by atoms with van der Waals surface area (Å²) in [6.07, 6.45) is 35.4. The second kappa shape index (κ2) is 21.5. The molecule has 0 saturated heterocycles. The molecule has 1 N–H and O–H groups in total. The number of hydrogen-bond acceptors (Lipinski definition) is 2. The van der Waals surface area contributed by atoms with Crippen molar-refractivity contribution in [2.75, 3.05) is 13.1 Å². The summed E-state index contributed by atoms with van der Waals surface area (Å²) in [7, 11) is 0. The molecule has 0 radical (unpaired) electrons. The molecule has 2 aliphatic rings. The lowest BCUT2D eigenvalue weighted by Crippen LogP contribution is -2.46. The number of hydrogen-bond donors (Lipinski definition) is 1. The van der Waals surface area contributed by atoms with Gasteiger partial charge in [0.05, 0.1) is 0 Å². The van der Waals surface area contributed by atoms with E-state index in [9.17, 15) is 4.79 Å². The molecule has 0 unspecified atom stereocenters. The molecule has 3 nitrogen and oxygen atoms in total. The zero-order chi connectivity index (χ0) is 24.8. The van der Waals surface area contributed by atoms with Gasteiger partial charge in [0.25, 0.3) is 0 Å². The van der Waals surface area contributed by atoms with Gasteiger partial charge in [-0.1, -0.05) is 135 Å². The molecule has 0 aromatic carbocycles. The van der Waals surface area contributed by atoms with Crippen LogP contribution in [0.1, 0.15) is 174 Å². The summed E-state index contributed by atoms with van der Waals surface area (Å²) in [5.74, 6) is 0.284. The van der Waals surface area contributed by atoms with Crippen molar-refractivity contribution in [1.82, 2.24) is 10.2 Å². The Labute approximate surface area is 220 Å². The Bertz CT molecular complexity index is 464. The minimum atomic E-state index is 0.284. The largest absolute Gasteiger partial charge is 0.356 e. The van der Waals surface area contributed by atoms with E-state index < -0.39 is 0 Å². The van der Waals surface area contributed by atoms with Gasteiger partial charge < -0.3 is 5.32 Å². The molecular weight excluding hydrogens is 428 g/mol. The van der Waals surface area contributed by atoms with Gasteiger partial charge in [0, 0.05) is 31.6 Å². The third-order valence-electron chi connectivity index (χ3n) is 8.79. The highest BCUT2D eigenvalue weighted by atomic mass is 16.1. The molecule has 0 bridgehead atoms. The molecule has 2 saturated carbocycles. The first-order chi connectivity index (χ1) is 17.3. The summed E-state index contributed by atoms with van der Waals surface area (Å²) in [5.41, 5.74) is 0. The molecule has 0 aliphatic heterocycles. The van der Waals surface area contributed by atoms with E-state index in [0.29, 0.717) is 6.42 Å². The van der Waals surface area contributed by atoms with Gasteiger partial charge in [-0.15, -0.1) is 0 Å². The predicted molar refractivity (Wildman–Crippen MR) is 153 cm³/mol. The van der Waals surface area contributed by atoms with Gasteiger partial charge in [-0.3, -0.25) is 9.69 Å². The fourth-order valence-electron chi connectivity index (χ4n) is 6.53. The Balaban J connectivity index is 1.40. The van der Waals surface area contributed by atoms with Crippen LogP contribution < -0.4 is 5.32 Å². The Hall–Kier alpha value is -0.570. The minimum Gasteiger partial charge on any atom is -0.356 e. The first kappa shape index (κ1) is 30.7. The van der Waals surface area contributed by atoms with E-state index in [4.69, 9.17) is 0 Å². The Morgan fingerprint density at radius 2 is 1.00 bits per heavy atom. The van der Waals surface area contributed by atoms with Crippen molar-refractivity contribution < 1.29 is 4.79 Å². The van der Waals surface area contributed by atoms with Crippen LogP contribution in [-0.4, -0.2) is 36.0 Å². The van der Waals surface area contributed by atoms with E-state index in [0.717, 1.165) is 31.6 Å². The van der Waals surface area contributed by atoms with Crippen molar-refractivity contribution >= 4 is 5.91 Å². The highest BCUT2D eigenvalue weighted by Crippen LogP contribution is 2.30. The third-order valence-corrected chi connectivity index (χ3v) is 8.79. The van der Waals surface area contributed by atoms with Crippen molar-refractivity contribution in [3.63, 3.8) is 0 Å². The van der Waals surface area contributed by atoms with Crippen LogP contribution in [0.5, 0.6) is 0 Å². The third kappa shape index (κ3) is 15.3. The first-order valence-electron chi connectivity index (χ1n) is 16.3. The van der Waals surface area contributed by atoms with Gasteiger partial charge in [-0.05, 0) is 32.1 Å². The normalized spacial score (nSPS) is 17.8. The lowest BCUT2D eigenvalue weighted by molar-refractivity contribution is -0.121. The van der Waals surface area contributed by atoms with Gasteiger partial charge in [0.15, 0.2) is 0 Å². The highest BCUT2D eigenvalue weighted by Gasteiger charge is 2.28. The van der Waals surface area contributed by atoms with E-state index in [-0.39, 0.29) is 5.91 Å². The van der Waals surface area contributed by atoms with Gasteiger partial charge in [0.2, 0.25) is 5.91 Å². The molecule has 2 fully saturated rings. The van der Waals surface area contributed by atoms with Crippen molar-refractivity contribution in [1.29, 1.82) is 0 Å². The molecule has 0 atom stereocenters. The van der Waals surface area contributed by atoms with Crippen molar-refractivity contribution in [2.45, 2.75) is 186 Å². The Morgan fingerprint density at radius 1 is 0.600 bits per heavy atom. The molecule has 0 heterocycles. The molecule has 206 valence electrons. The first-order valence-corrected chi connectivity index (χ1v) is 16.3. The number of carbonyl (C=O) groups is 1.